The minimum Gasteiger partial charge on any atom is -0.349 e. The van der Waals surface area contributed by atoms with Crippen molar-refractivity contribution in [3.05, 3.63) is 15.8 Å². The van der Waals surface area contributed by atoms with Crippen molar-refractivity contribution in [2.24, 2.45) is 11.1 Å². The van der Waals surface area contributed by atoms with Gasteiger partial charge in [-0.15, -0.1) is 11.3 Å². The normalized spacial score (nSPS) is 17.5. The van der Waals surface area contributed by atoms with Gasteiger partial charge in [0.25, 0.3) is 5.91 Å². The summed E-state index contributed by atoms with van der Waals surface area (Å²) in [4.78, 5) is 12.9. The third kappa shape index (κ3) is 2.90. The number of rotatable bonds is 4. The first-order valence-corrected chi connectivity index (χ1v) is 8.09. The second-order valence-corrected chi connectivity index (χ2v) is 7.46. The van der Waals surface area contributed by atoms with Crippen LogP contribution in [0.5, 0.6) is 0 Å². The van der Waals surface area contributed by atoms with E-state index in [1.165, 1.54) is 6.07 Å². The van der Waals surface area contributed by atoms with Crippen LogP contribution >= 0.6 is 11.3 Å². The maximum absolute atomic E-state index is 11.9. The Balaban J connectivity index is 2.16. The zero-order valence-electron chi connectivity index (χ0n) is 10.3. The van der Waals surface area contributed by atoms with E-state index in [9.17, 15) is 13.2 Å². The first-order chi connectivity index (χ1) is 8.29. The molecule has 0 spiro atoms. The van der Waals surface area contributed by atoms with E-state index in [0.717, 1.165) is 24.2 Å². The molecule has 100 valence electrons. The number of carbonyl (C=O) groups is 1. The fourth-order valence-corrected chi connectivity index (χ4v) is 3.90. The van der Waals surface area contributed by atoms with Crippen LogP contribution in [0.25, 0.3) is 0 Å². The number of thiophene rings is 1. The van der Waals surface area contributed by atoms with Crippen LogP contribution in [-0.2, 0) is 10.0 Å². The van der Waals surface area contributed by atoms with E-state index in [1.54, 1.807) is 6.92 Å². The number of primary sulfonamides is 1. The molecular formula is C11H16N2O3S2. The largest absolute Gasteiger partial charge is 0.349 e. The molecule has 0 bridgehead atoms. The third-order valence-electron chi connectivity index (χ3n) is 3.09. The smallest absolute Gasteiger partial charge is 0.261 e. The Kier molecular flexibility index (Phi) is 3.48. The number of hydrogen-bond donors (Lipinski definition) is 2. The average molecular weight is 288 g/mol. The quantitative estimate of drug-likeness (QED) is 0.873. The summed E-state index contributed by atoms with van der Waals surface area (Å²) < 4.78 is 22.6. The van der Waals surface area contributed by atoms with Gasteiger partial charge in [-0.25, -0.2) is 13.6 Å². The van der Waals surface area contributed by atoms with E-state index in [2.05, 4.69) is 5.32 Å². The molecule has 1 aliphatic rings. The van der Waals surface area contributed by atoms with Gasteiger partial charge in [-0.1, -0.05) is 0 Å². The van der Waals surface area contributed by atoms with E-state index in [4.69, 9.17) is 5.14 Å². The zero-order chi connectivity index (χ0) is 13.5. The van der Waals surface area contributed by atoms with Gasteiger partial charge < -0.3 is 5.32 Å². The van der Waals surface area contributed by atoms with Crippen molar-refractivity contribution in [1.29, 1.82) is 0 Å². The van der Waals surface area contributed by atoms with Crippen molar-refractivity contribution in [2.45, 2.75) is 37.6 Å². The van der Waals surface area contributed by atoms with Crippen molar-refractivity contribution in [3.8, 4) is 0 Å². The molecule has 18 heavy (non-hydrogen) atoms. The predicted molar refractivity (Wildman–Crippen MR) is 70.1 cm³/mol. The molecule has 1 atom stereocenters. The van der Waals surface area contributed by atoms with Crippen molar-refractivity contribution in [3.63, 3.8) is 0 Å². The van der Waals surface area contributed by atoms with E-state index in [-0.39, 0.29) is 16.8 Å². The molecule has 0 saturated heterocycles. The van der Waals surface area contributed by atoms with E-state index in [0.29, 0.717) is 15.7 Å². The Morgan fingerprint density at radius 1 is 1.56 bits per heavy atom. The van der Waals surface area contributed by atoms with Crippen LogP contribution in [0.1, 0.15) is 34.3 Å². The predicted octanol–water partition coefficient (Wildman–Crippen LogP) is 1.23. The highest BCUT2D eigenvalue weighted by Crippen LogP contribution is 2.32. The molecule has 0 radical (unpaired) electrons. The number of nitrogens with two attached hydrogens (primary N) is 1. The molecule has 0 aromatic carbocycles. The molecule has 1 fully saturated rings. The lowest BCUT2D eigenvalue weighted by Gasteiger charge is -2.11. The lowest BCUT2D eigenvalue weighted by atomic mass is 10.2. The van der Waals surface area contributed by atoms with Crippen molar-refractivity contribution in [2.75, 3.05) is 0 Å². The maximum Gasteiger partial charge on any atom is 0.261 e. The molecule has 2 rings (SSSR count). The Labute approximate surface area is 110 Å². The summed E-state index contributed by atoms with van der Waals surface area (Å²) in [5, 5.41) is 7.96. The minimum absolute atomic E-state index is 0.0386. The van der Waals surface area contributed by atoms with Crippen LogP contribution in [0, 0.1) is 12.8 Å². The molecular weight excluding hydrogens is 272 g/mol. The lowest BCUT2D eigenvalue weighted by Crippen LogP contribution is -2.33. The first-order valence-electron chi connectivity index (χ1n) is 5.73. The standard InChI is InChI=1S/C11H16N2O3S2/c1-6(8-3-4-8)13-11(14)9-5-10(7(2)17-9)18(12,15)16/h5-6,8H,3-4H2,1-2H3,(H,13,14)(H2,12,15,16). The van der Waals surface area contributed by atoms with Crippen molar-refractivity contribution >= 4 is 27.3 Å². The molecule has 3 N–H and O–H groups in total. The SMILES string of the molecule is Cc1sc(C(=O)NC(C)C2CC2)cc1S(N)(=O)=O. The highest BCUT2D eigenvalue weighted by molar-refractivity contribution is 7.89. The van der Waals surface area contributed by atoms with Crippen LogP contribution in [0.3, 0.4) is 0 Å². The molecule has 1 unspecified atom stereocenters. The number of hydrogen-bond acceptors (Lipinski definition) is 4. The Bertz CT molecular complexity index is 573. The second-order valence-electron chi connectivity index (χ2n) is 4.68. The maximum atomic E-state index is 11.9. The molecule has 0 aliphatic heterocycles. The summed E-state index contributed by atoms with van der Waals surface area (Å²) in [7, 11) is -3.75. The fourth-order valence-electron chi connectivity index (χ4n) is 1.85. The highest BCUT2D eigenvalue weighted by Gasteiger charge is 2.29. The topological polar surface area (TPSA) is 89.3 Å². The summed E-state index contributed by atoms with van der Waals surface area (Å²) >= 11 is 1.15. The number of carbonyl (C=O) groups excluding carboxylic acids is 1. The molecule has 1 aliphatic carbocycles. The summed E-state index contributed by atoms with van der Waals surface area (Å²) in [5.74, 6) is 0.338. The zero-order valence-corrected chi connectivity index (χ0v) is 11.9. The van der Waals surface area contributed by atoms with E-state index >= 15 is 0 Å². The summed E-state index contributed by atoms with van der Waals surface area (Å²) in [6.45, 7) is 3.61. The number of amides is 1. The van der Waals surface area contributed by atoms with E-state index < -0.39 is 10.0 Å². The van der Waals surface area contributed by atoms with Crippen LogP contribution in [0.2, 0.25) is 0 Å². The van der Waals surface area contributed by atoms with Gasteiger partial charge in [0.05, 0.1) is 9.77 Å². The number of nitrogens with one attached hydrogen (secondary N) is 1. The number of aryl methyl sites for hydroxylation is 1. The monoisotopic (exact) mass is 288 g/mol. The molecule has 1 aromatic heterocycles. The molecule has 1 saturated carbocycles. The third-order valence-corrected chi connectivity index (χ3v) is 5.31. The van der Waals surface area contributed by atoms with E-state index in [1.807, 2.05) is 6.92 Å². The van der Waals surface area contributed by atoms with Gasteiger partial charge in [-0.3, -0.25) is 4.79 Å². The van der Waals surface area contributed by atoms with Gasteiger partial charge in [-0.2, -0.15) is 0 Å². The van der Waals surface area contributed by atoms with Crippen molar-refractivity contribution < 1.29 is 13.2 Å². The molecule has 1 aromatic rings. The van der Waals surface area contributed by atoms with Gasteiger partial charge in [0, 0.05) is 10.9 Å². The van der Waals surface area contributed by atoms with Gasteiger partial charge in [0.15, 0.2) is 0 Å². The summed E-state index contributed by atoms with van der Waals surface area (Å²) in [6.07, 6.45) is 2.29. The highest BCUT2D eigenvalue weighted by atomic mass is 32.2. The van der Waals surface area contributed by atoms with Crippen LogP contribution in [0.4, 0.5) is 0 Å². The fraction of sp³-hybridized carbons (Fsp3) is 0.545. The van der Waals surface area contributed by atoms with Gasteiger partial charge >= 0.3 is 0 Å². The van der Waals surface area contributed by atoms with Crippen LogP contribution < -0.4 is 10.5 Å². The Morgan fingerprint density at radius 2 is 2.17 bits per heavy atom. The Hall–Kier alpha value is -0.920. The van der Waals surface area contributed by atoms with Crippen LogP contribution in [0.15, 0.2) is 11.0 Å². The van der Waals surface area contributed by atoms with Crippen LogP contribution in [-0.4, -0.2) is 20.4 Å². The molecule has 1 amide bonds. The van der Waals surface area contributed by atoms with Gasteiger partial charge in [-0.05, 0) is 38.7 Å². The van der Waals surface area contributed by atoms with Gasteiger partial charge in [0.2, 0.25) is 10.0 Å². The first kappa shape index (κ1) is 13.5. The summed E-state index contributed by atoms with van der Waals surface area (Å²) in [5.41, 5.74) is 0. The second kappa shape index (κ2) is 4.64. The molecule has 1 heterocycles. The van der Waals surface area contributed by atoms with Crippen molar-refractivity contribution in [1.82, 2.24) is 5.32 Å². The Morgan fingerprint density at radius 3 is 2.61 bits per heavy atom. The molecule has 5 nitrogen and oxygen atoms in total. The molecule has 7 heteroatoms. The average Bonchev–Trinajstić information content (AvgIpc) is 3.00. The van der Waals surface area contributed by atoms with Gasteiger partial charge in [0.1, 0.15) is 0 Å². The lowest BCUT2D eigenvalue weighted by molar-refractivity contribution is 0.0940. The minimum atomic E-state index is -3.75. The number of sulfonamides is 1. The summed E-state index contributed by atoms with van der Waals surface area (Å²) in [6, 6.07) is 1.49.